The molecule has 0 aliphatic rings. The van der Waals surface area contributed by atoms with Crippen molar-refractivity contribution < 1.29 is 0 Å². The molecule has 0 aliphatic heterocycles. The van der Waals surface area contributed by atoms with E-state index in [1.165, 1.54) is 21.6 Å². The Balaban J connectivity index is 1.25. The molecular formula is C24H18N4S3. The second kappa shape index (κ2) is 8.55. The molecule has 0 fully saturated rings. The Kier molecular flexibility index (Phi) is 5.46. The molecule has 0 bridgehead atoms. The predicted octanol–water partition coefficient (Wildman–Crippen LogP) is 7.20. The Morgan fingerprint density at radius 1 is 0.871 bits per heavy atom. The van der Waals surface area contributed by atoms with Crippen molar-refractivity contribution >= 4 is 61.0 Å². The van der Waals surface area contributed by atoms with Crippen LogP contribution < -0.4 is 10.6 Å². The van der Waals surface area contributed by atoms with Gasteiger partial charge in [-0.15, -0.1) is 22.7 Å². The average Bonchev–Trinajstić information content (AvgIpc) is 3.41. The van der Waals surface area contributed by atoms with Gasteiger partial charge in [0, 0.05) is 22.2 Å². The zero-order valence-electron chi connectivity index (χ0n) is 16.6. The Bertz CT molecular complexity index is 1350. The van der Waals surface area contributed by atoms with Gasteiger partial charge in [-0.05, 0) is 61.1 Å². The molecular weight excluding hydrogens is 440 g/mol. The molecule has 0 saturated carbocycles. The maximum atomic E-state index is 5.46. The number of hydrogen-bond acceptors (Lipinski definition) is 5. The van der Waals surface area contributed by atoms with Crippen molar-refractivity contribution in [2.24, 2.45) is 0 Å². The number of aryl methyl sites for hydroxylation is 1. The van der Waals surface area contributed by atoms with Gasteiger partial charge in [0.15, 0.2) is 10.2 Å². The quantitative estimate of drug-likeness (QED) is 0.279. The normalized spacial score (nSPS) is 10.9. The fourth-order valence-electron chi connectivity index (χ4n) is 3.18. The summed E-state index contributed by atoms with van der Waals surface area (Å²) in [5.74, 6) is 0. The zero-order chi connectivity index (χ0) is 21.2. The number of fused-ring (bicyclic) bond motifs is 1. The van der Waals surface area contributed by atoms with Crippen LogP contribution in [0.3, 0.4) is 0 Å². The van der Waals surface area contributed by atoms with Crippen molar-refractivity contribution in [3.8, 4) is 21.8 Å². The first-order valence-corrected chi connectivity index (χ1v) is 11.8. The molecule has 2 N–H and O–H groups in total. The third-order valence-corrected chi connectivity index (χ3v) is 6.76. The number of nitrogens with zero attached hydrogens (tertiary/aromatic N) is 2. The fraction of sp³-hybridized carbons (Fsp3) is 0.0417. The number of anilines is 2. The molecule has 2 heterocycles. The lowest BCUT2D eigenvalue weighted by atomic mass is 10.2. The van der Waals surface area contributed by atoms with Crippen LogP contribution in [0.2, 0.25) is 0 Å². The Morgan fingerprint density at radius 3 is 2.48 bits per heavy atom. The fourth-order valence-corrected chi connectivity index (χ4v) is 5.26. The van der Waals surface area contributed by atoms with E-state index in [4.69, 9.17) is 17.2 Å². The smallest absolute Gasteiger partial charge is 0.189 e. The van der Waals surface area contributed by atoms with Gasteiger partial charge in [-0.2, -0.15) is 0 Å². The molecule has 5 aromatic rings. The van der Waals surface area contributed by atoms with E-state index in [-0.39, 0.29) is 0 Å². The van der Waals surface area contributed by atoms with Gasteiger partial charge in [-0.3, -0.25) is 0 Å². The molecule has 0 unspecified atom stereocenters. The lowest BCUT2D eigenvalue weighted by Gasteiger charge is -2.08. The van der Waals surface area contributed by atoms with Crippen LogP contribution in [0.25, 0.3) is 32.0 Å². The summed E-state index contributed by atoms with van der Waals surface area (Å²) in [6, 6.07) is 24.6. The first-order chi connectivity index (χ1) is 15.1. The second-order valence-corrected chi connectivity index (χ2v) is 9.35. The van der Waals surface area contributed by atoms with Gasteiger partial charge in [-0.25, -0.2) is 9.97 Å². The number of thiocarbonyl (C=S) groups is 1. The highest BCUT2D eigenvalue weighted by atomic mass is 32.1. The number of hydrogen-bond donors (Lipinski definition) is 2. The first-order valence-electron chi connectivity index (χ1n) is 9.71. The molecule has 3 aromatic carbocycles. The van der Waals surface area contributed by atoms with E-state index in [9.17, 15) is 0 Å². The third kappa shape index (κ3) is 4.49. The molecule has 0 amide bonds. The van der Waals surface area contributed by atoms with E-state index in [1.807, 2.05) is 47.8 Å². The van der Waals surface area contributed by atoms with Crippen LogP contribution in [0, 0.1) is 6.92 Å². The van der Waals surface area contributed by atoms with Gasteiger partial charge >= 0.3 is 0 Å². The minimum atomic E-state index is 0.511. The summed E-state index contributed by atoms with van der Waals surface area (Å²) in [5, 5.41) is 10.7. The monoisotopic (exact) mass is 458 g/mol. The summed E-state index contributed by atoms with van der Waals surface area (Å²) in [6.45, 7) is 2.10. The predicted molar refractivity (Wildman–Crippen MR) is 137 cm³/mol. The molecule has 0 spiro atoms. The molecule has 0 radical (unpaired) electrons. The topological polar surface area (TPSA) is 49.8 Å². The van der Waals surface area contributed by atoms with Crippen LogP contribution in [-0.2, 0) is 0 Å². The number of benzene rings is 3. The van der Waals surface area contributed by atoms with Crippen LogP contribution in [-0.4, -0.2) is 15.1 Å². The summed E-state index contributed by atoms with van der Waals surface area (Å²) in [4.78, 5) is 9.37. The summed E-state index contributed by atoms with van der Waals surface area (Å²) in [7, 11) is 0. The van der Waals surface area contributed by atoms with Crippen LogP contribution in [0.4, 0.5) is 10.8 Å². The molecule has 31 heavy (non-hydrogen) atoms. The van der Waals surface area contributed by atoms with E-state index in [0.717, 1.165) is 38.2 Å². The van der Waals surface area contributed by atoms with Gasteiger partial charge in [-0.1, -0.05) is 36.4 Å². The highest BCUT2D eigenvalue weighted by Crippen LogP contribution is 2.31. The van der Waals surface area contributed by atoms with Crippen LogP contribution in [0.5, 0.6) is 0 Å². The Labute approximate surface area is 193 Å². The SMILES string of the molecule is Cc1ccc2nc(-c3ccc(NC(=S)Nc4nc(-c5ccccc5)cs4)cc3)sc2c1. The van der Waals surface area contributed by atoms with Gasteiger partial charge in [0.05, 0.1) is 15.9 Å². The standard InChI is InChI=1S/C24H18N4S3/c1-15-7-12-19-21(13-15)31-22(26-19)17-8-10-18(11-9-17)25-23(29)28-24-27-20(14-30-24)16-5-3-2-4-6-16/h2-14H,1H3,(H2,25,27,28,29). The number of aromatic nitrogens is 2. The van der Waals surface area contributed by atoms with E-state index < -0.39 is 0 Å². The van der Waals surface area contributed by atoms with E-state index in [1.54, 1.807) is 11.3 Å². The summed E-state index contributed by atoms with van der Waals surface area (Å²) >= 11 is 8.70. The molecule has 5 rings (SSSR count). The van der Waals surface area contributed by atoms with Crippen molar-refractivity contribution in [3.05, 3.63) is 83.7 Å². The first kappa shape index (κ1) is 19.8. The largest absolute Gasteiger partial charge is 0.332 e. The minimum Gasteiger partial charge on any atom is -0.332 e. The Morgan fingerprint density at radius 2 is 1.68 bits per heavy atom. The van der Waals surface area contributed by atoms with Crippen molar-refractivity contribution in [2.75, 3.05) is 10.6 Å². The maximum Gasteiger partial charge on any atom is 0.189 e. The van der Waals surface area contributed by atoms with Gasteiger partial charge in [0.2, 0.25) is 0 Å². The third-order valence-electron chi connectivity index (χ3n) is 4.73. The number of rotatable bonds is 4. The highest BCUT2D eigenvalue weighted by Gasteiger charge is 2.08. The second-order valence-electron chi connectivity index (χ2n) is 7.05. The van der Waals surface area contributed by atoms with Crippen LogP contribution in [0.15, 0.2) is 78.2 Å². The van der Waals surface area contributed by atoms with Crippen LogP contribution >= 0.6 is 34.9 Å². The number of nitrogens with one attached hydrogen (secondary N) is 2. The maximum absolute atomic E-state index is 5.46. The van der Waals surface area contributed by atoms with Crippen molar-refractivity contribution in [1.29, 1.82) is 0 Å². The van der Waals surface area contributed by atoms with E-state index in [2.05, 4.69) is 52.9 Å². The lowest BCUT2D eigenvalue weighted by molar-refractivity contribution is 1.40. The van der Waals surface area contributed by atoms with Crippen molar-refractivity contribution in [3.63, 3.8) is 0 Å². The zero-order valence-corrected chi connectivity index (χ0v) is 19.1. The molecule has 0 aliphatic carbocycles. The average molecular weight is 459 g/mol. The molecule has 0 saturated heterocycles. The molecule has 152 valence electrons. The lowest BCUT2D eigenvalue weighted by Crippen LogP contribution is -2.18. The van der Waals surface area contributed by atoms with Gasteiger partial charge in [0.25, 0.3) is 0 Å². The number of thiazole rings is 2. The molecule has 2 aromatic heterocycles. The summed E-state index contributed by atoms with van der Waals surface area (Å²) in [5.41, 5.74) is 6.32. The van der Waals surface area contributed by atoms with Crippen LogP contribution in [0.1, 0.15) is 5.56 Å². The minimum absolute atomic E-state index is 0.511. The molecule has 7 heteroatoms. The van der Waals surface area contributed by atoms with Gasteiger partial charge < -0.3 is 10.6 Å². The Hall–Kier alpha value is -3.13. The molecule has 0 atom stereocenters. The van der Waals surface area contributed by atoms with Gasteiger partial charge in [0.1, 0.15) is 5.01 Å². The van der Waals surface area contributed by atoms with Crippen molar-refractivity contribution in [2.45, 2.75) is 6.92 Å². The van der Waals surface area contributed by atoms with E-state index in [0.29, 0.717) is 5.11 Å². The molecule has 4 nitrogen and oxygen atoms in total. The summed E-state index contributed by atoms with van der Waals surface area (Å²) < 4.78 is 1.21. The van der Waals surface area contributed by atoms with E-state index >= 15 is 0 Å². The highest BCUT2D eigenvalue weighted by molar-refractivity contribution is 7.80. The summed E-state index contributed by atoms with van der Waals surface area (Å²) in [6.07, 6.45) is 0. The van der Waals surface area contributed by atoms with Crippen molar-refractivity contribution in [1.82, 2.24) is 9.97 Å².